The zero-order valence-electron chi connectivity index (χ0n) is 32.7. The van der Waals surface area contributed by atoms with Gasteiger partial charge in [0.05, 0.1) is 38.0 Å². The van der Waals surface area contributed by atoms with E-state index < -0.39 is 53.8 Å². The third-order valence-electron chi connectivity index (χ3n) is 9.24. The van der Waals surface area contributed by atoms with Gasteiger partial charge in [0.2, 0.25) is 0 Å². The van der Waals surface area contributed by atoms with Crippen molar-refractivity contribution in [3.8, 4) is 0 Å². The van der Waals surface area contributed by atoms with Crippen LogP contribution in [0.3, 0.4) is 0 Å². The zero-order valence-corrected chi connectivity index (χ0v) is 32.7. The molecule has 0 N–H and O–H groups in total. The number of hydrogen-bond acceptors (Lipinski definition) is 6. The molecule has 1 amide bonds. The quantitative estimate of drug-likeness (QED) is 0.128. The molecule has 4 aromatic carbocycles. The van der Waals surface area contributed by atoms with Crippen molar-refractivity contribution >= 4 is 6.09 Å². The van der Waals surface area contributed by atoms with Gasteiger partial charge in [0, 0.05) is 25.2 Å². The largest absolute Gasteiger partial charge is 0.444 e. The maximum absolute atomic E-state index is 14.9. The van der Waals surface area contributed by atoms with Gasteiger partial charge in [-0.05, 0) is 73.9 Å². The van der Waals surface area contributed by atoms with Crippen LogP contribution in [-0.2, 0) is 45.1 Å². The number of halogens is 2. The summed E-state index contributed by atoms with van der Waals surface area (Å²) in [4.78, 5) is 18.4. The average Bonchev–Trinajstić information content (AvgIpc) is 3.10. The van der Waals surface area contributed by atoms with Gasteiger partial charge in [0.25, 0.3) is 0 Å². The van der Waals surface area contributed by atoms with Crippen LogP contribution >= 0.6 is 0 Å². The van der Waals surface area contributed by atoms with E-state index in [-0.39, 0.29) is 25.0 Å². The normalized spacial score (nSPS) is 19.1. The number of nitrogens with zero attached hydrogens (tertiary/aromatic N) is 2. The lowest BCUT2D eigenvalue weighted by molar-refractivity contribution is -0.239. The fraction of sp³-hybridized carbons (Fsp3) is 0.444. The smallest absolute Gasteiger partial charge is 0.411 e. The van der Waals surface area contributed by atoms with Crippen molar-refractivity contribution in [2.45, 2.75) is 111 Å². The Hall–Kier alpha value is -4.15. The van der Waals surface area contributed by atoms with Crippen molar-refractivity contribution in [3.05, 3.63) is 143 Å². The Morgan fingerprint density at radius 1 is 0.796 bits per heavy atom. The highest BCUT2D eigenvalue weighted by Gasteiger charge is 2.48. The molecule has 4 aromatic rings. The number of ether oxygens (including phenoxy) is 4. The van der Waals surface area contributed by atoms with Crippen LogP contribution in [0.1, 0.15) is 70.7 Å². The highest BCUT2D eigenvalue weighted by Crippen LogP contribution is 2.32. The van der Waals surface area contributed by atoms with E-state index in [4.69, 9.17) is 18.9 Å². The van der Waals surface area contributed by atoms with Crippen molar-refractivity contribution in [1.82, 2.24) is 9.80 Å². The molecule has 0 spiro atoms. The van der Waals surface area contributed by atoms with E-state index in [1.165, 1.54) is 12.1 Å². The molecule has 1 saturated heterocycles. The van der Waals surface area contributed by atoms with E-state index in [0.29, 0.717) is 25.3 Å². The van der Waals surface area contributed by atoms with Crippen molar-refractivity contribution < 1.29 is 32.5 Å². The summed E-state index contributed by atoms with van der Waals surface area (Å²) in [6.45, 7) is 15.4. The second-order valence-corrected chi connectivity index (χ2v) is 16.5. The zero-order chi connectivity index (χ0) is 38.9. The maximum atomic E-state index is 14.9. The minimum Gasteiger partial charge on any atom is -0.444 e. The number of carbonyl (C=O) groups excluding carboxylic acids is 1. The summed E-state index contributed by atoms with van der Waals surface area (Å²) < 4.78 is 55.7. The highest BCUT2D eigenvalue weighted by molar-refractivity contribution is 5.69. The standard InChI is InChI=1S/C45H56F2N2O5/c1-32-42(53-31-44(2,3)4)52-30-40(49(32)43(50)54-45(5,6)7)41(51-29-35-21-15-10-16-22-35)39(25-36-23-37(46)26-38(47)24-36)48(27-33-17-11-8-12-18-33)28-34-19-13-9-14-20-34/h8-24,26,32,39-42H,25,27-31H2,1-7H3. The Labute approximate surface area is 320 Å². The maximum Gasteiger partial charge on any atom is 0.411 e. The molecule has 5 rings (SSSR count). The lowest BCUT2D eigenvalue weighted by Gasteiger charge is -2.50. The Balaban J connectivity index is 1.66. The first-order valence-corrected chi connectivity index (χ1v) is 18.8. The van der Waals surface area contributed by atoms with Crippen molar-refractivity contribution in [3.63, 3.8) is 0 Å². The molecule has 0 saturated carbocycles. The summed E-state index contributed by atoms with van der Waals surface area (Å²) in [5.74, 6) is -1.32. The van der Waals surface area contributed by atoms with E-state index in [0.717, 1.165) is 22.8 Å². The Bertz CT molecular complexity index is 1690. The lowest BCUT2D eigenvalue weighted by Crippen LogP contribution is -2.66. The molecule has 290 valence electrons. The monoisotopic (exact) mass is 742 g/mol. The summed E-state index contributed by atoms with van der Waals surface area (Å²) in [6, 6.07) is 31.9. The van der Waals surface area contributed by atoms with Crippen LogP contribution in [0.25, 0.3) is 0 Å². The summed E-state index contributed by atoms with van der Waals surface area (Å²) in [5.41, 5.74) is 2.59. The van der Waals surface area contributed by atoms with Gasteiger partial charge in [-0.3, -0.25) is 9.80 Å². The molecule has 7 nitrogen and oxygen atoms in total. The Morgan fingerprint density at radius 3 is 1.81 bits per heavy atom. The summed E-state index contributed by atoms with van der Waals surface area (Å²) in [6.07, 6.45) is -1.76. The van der Waals surface area contributed by atoms with Crippen LogP contribution in [0.4, 0.5) is 13.6 Å². The number of benzene rings is 4. The molecule has 1 aliphatic heterocycles. The van der Waals surface area contributed by atoms with Gasteiger partial charge in [-0.1, -0.05) is 112 Å². The number of morpholine rings is 1. The van der Waals surface area contributed by atoms with Gasteiger partial charge < -0.3 is 18.9 Å². The third kappa shape index (κ3) is 12.2. The van der Waals surface area contributed by atoms with Gasteiger partial charge in [-0.25, -0.2) is 13.6 Å². The molecule has 0 aromatic heterocycles. The van der Waals surface area contributed by atoms with Crippen LogP contribution in [0.2, 0.25) is 0 Å². The van der Waals surface area contributed by atoms with Gasteiger partial charge in [0.15, 0.2) is 6.29 Å². The molecule has 0 radical (unpaired) electrons. The third-order valence-corrected chi connectivity index (χ3v) is 9.24. The predicted octanol–water partition coefficient (Wildman–Crippen LogP) is 9.58. The number of hydrogen-bond donors (Lipinski definition) is 0. The molecule has 1 fully saturated rings. The van der Waals surface area contributed by atoms with E-state index >= 15 is 0 Å². The summed E-state index contributed by atoms with van der Waals surface area (Å²) in [5, 5.41) is 0. The lowest BCUT2D eigenvalue weighted by atomic mass is 9.91. The van der Waals surface area contributed by atoms with Crippen molar-refractivity contribution in [1.29, 1.82) is 0 Å². The SMILES string of the molecule is CC1C(OCC(C)(C)C)OCC(C(OCc2ccccc2)C(Cc2cc(F)cc(F)c2)N(Cc2ccccc2)Cc2ccccc2)N1C(=O)OC(C)(C)C. The minimum atomic E-state index is -0.785. The number of rotatable bonds is 14. The first-order valence-electron chi connectivity index (χ1n) is 18.8. The second-order valence-electron chi connectivity index (χ2n) is 16.5. The van der Waals surface area contributed by atoms with E-state index in [1.807, 2.05) is 94.4 Å². The van der Waals surface area contributed by atoms with Gasteiger partial charge in [-0.15, -0.1) is 0 Å². The van der Waals surface area contributed by atoms with Gasteiger partial charge in [-0.2, -0.15) is 0 Å². The topological polar surface area (TPSA) is 60.5 Å². The van der Waals surface area contributed by atoms with Crippen LogP contribution in [-0.4, -0.2) is 65.2 Å². The summed E-state index contributed by atoms with van der Waals surface area (Å²) >= 11 is 0. The van der Waals surface area contributed by atoms with E-state index in [9.17, 15) is 13.6 Å². The van der Waals surface area contributed by atoms with Crippen molar-refractivity contribution in [2.75, 3.05) is 13.2 Å². The van der Waals surface area contributed by atoms with E-state index in [2.05, 4.69) is 49.9 Å². The van der Waals surface area contributed by atoms with Crippen LogP contribution in [0.15, 0.2) is 109 Å². The average molecular weight is 743 g/mol. The van der Waals surface area contributed by atoms with Gasteiger partial charge in [0.1, 0.15) is 17.2 Å². The molecule has 54 heavy (non-hydrogen) atoms. The fourth-order valence-electron chi connectivity index (χ4n) is 6.83. The molecule has 9 heteroatoms. The number of carbonyl (C=O) groups is 1. The molecule has 0 aliphatic carbocycles. The molecule has 5 unspecified atom stereocenters. The second kappa shape index (κ2) is 18.5. The first-order chi connectivity index (χ1) is 25.6. The molecular formula is C45H56F2N2O5. The van der Waals surface area contributed by atoms with Gasteiger partial charge >= 0.3 is 6.09 Å². The van der Waals surface area contributed by atoms with Crippen LogP contribution < -0.4 is 0 Å². The van der Waals surface area contributed by atoms with Crippen molar-refractivity contribution in [2.24, 2.45) is 5.41 Å². The predicted molar refractivity (Wildman–Crippen MR) is 207 cm³/mol. The molecular weight excluding hydrogens is 686 g/mol. The molecule has 1 heterocycles. The highest BCUT2D eigenvalue weighted by atomic mass is 19.1. The fourth-order valence-corrected chi connectivity index (χ4v) is 6.83. The minimum absolute atomic E-state index is 0.0797. The summed E-state index contributed by atoms with van der Waals surface area (Å²) in [7, 11) is 0. The molecule has 5 atom stereocenters. The number of amides is 1. The Morgan fingerprint density at radius 2 is 1.31 bits per heavy atom. The first kappa shape index (κ1) is 41.0. The molecule has 1 aliphatic rings. The van der Waals surface area contributed by atoms with E-state index in [1.54, 1.807) is 4.90 Å². The molecule has 0 bridgehead atoms. The Kier molecular flexibility index (Phi) is 14.0. The van der Waals surface area contributed by atoms with Crippen LogP contribution in [0.5, 0.6) is 0 Å². The van der Waals surface area contributed by atoms with Crippen LogP contribution in [0, 0.1) is 17.0 Å².